The minimum atomic E-state index is -4.49. The molecule has 0 aliphatic carbocycles. The van der Waals surface area contributed by atoms with E-state index in [2.05, 4.69) is 0 Å². The first-order valence-corrected chi connectivity index (χ1v) is 6.80. The Labute approximate surface area is 130 Å². The summed E-state index contributed by atoms with van der Waals surface area (Å²) in [5.74, 6) is -2.05. The Hall–Kier alpha value is -2.63. The van der Waals surface area contributed by atoms with Gasteiger partial charge in [-0.2, -0.15) is 13.2 Å². The molecule has 0 aliphatic heterocycles. The number of alkyl halides is 3. The van der Waals surface area contributed by atoms with Crippen molar-refractivity contribution in [3.63, 3.8) is 0 Å². The predicted molar refractivity (Wildman–Crippen MR) is 76.9 cm³/mol. The van der Waals surface area contributed by atoms with E-state index in [9.17, 15) is 22.8 Å². The van der Waals surface area contributed by atoms with Crippen molar-refractivity contribution in [3.8, 4) is 0 Å². The molecule has 0 saturated carbocycles. The van der Waals surface area contributed by atoms with E-state index in [4.69, 9.17) is 4.74 Å². The summed E-state index contributed by atoms with van der Waals surface area (Å²) in [7, 11) is 0. The highest BCUT2D eigenvalue weighted by Crippen LogP contribution is 2.29. The van der Waals surface area contributed by atoms with Crippen LogP contribution in [0.25, 0.3) is 0 Å². The van der Waals surface area contributed by atoms with E-state index in [-0.39, 0.29) is 12.2 Å². The third-order valence-electron chi connectivity index (χ3n) is 3.13. The van der Waals surface area contributed by atoms with Crippen LogP contribution in [0.15, 0.2) is 54.6 Å². The van der Waals surface area contributed by atoms with Gasteiger partial charge in [0.1, 0.15) is 0 Å². The normalized spacial score (nSPS) is 11.1. The third kappa shape index (κ3) is 4.67. The summed E-state index contributed by atoms with van der Waals surface area (Å²) >= 11 is 0. The van der Waals surface area contributed by atoms with Crippen LogP contribution < -0.4 is 0 Å². The summed E-state index contributed by atoms with van der Waals surface area (Å²) in [6.45, 7) is 0.0230. The molecule has 0 radical (unpaired) electrons. The Balaban J connectivity index is 1.91. The first-order valence-electron chi connectivity index (χ1n) is 6.80. The summed E-state index contributed by atoms with van der Waals surface area (Å²) in [5, 5.41) is 0. The fourth-order valence-corrected chi connectivity index (χ4v) is 1.90. The van der Waals surface area contributed by atoms with Crippen LogP contribution in [-0.4, -0.2) is 18.4 Å². The minimum absolute atomic E-state index is 0.0230. The van der Waals surface area contributed by atoms with Crippen LogP contribution in [-0.2, 0) is 22.1 Å². The van der Waals surface area contributed by atoms with Crippen molar-refractivity contribution >= 4 is 11.8 Å². The van der Waals surface area contributed by atoms with Gasteiger partial charge in [0.15, 0.2) is 0 Å². The maximum atomic E-state index is 12.4. The van der Waals surface area contributed by atoms with E-state index >= 15 is 0 Å². The van der Waals surface area contributed by atoms with Gasteiger partial charge in [0.2, 0.25) is 0 Å². The Morgan fingerprint density at radius 3 is 2.09 bits per heavy atom. The van der Waals surface area contributed by atoms with Gasteiger partial charge in [-0.05, 0) is 17.7 Å². The van der Waals surface area contributed by atoms with Crippen molar-refractivity contribution in [2.24, 2.45) is 0 Å². The van der Waals surface area contributed by atoms with Crippen LogP contribution in [0.1, 0.15) is 21.5 Å². The second-order valence-electron chi connectivity index (χ2n) is 4.78. The number of carbonyl (C=O) groups excluding carboxylic acids is 2. The zero-order chi connectivity index (χ0) is 16.9. The van der Waals surface area contributed by atoms with E-state index in [0.29, 0.717) is 6.42 Å². The monoisotopic (exact) mass is 322 g/mol. The van der Waals surface area contributed by atoms with Gasteiger partial charge in [-0.1, -0.05) is 42.5 Å². The van der Waals surface area contributed by atoms with Crippen LogP contribution in [0.2, 0.25) is 0 Å². The number of halogens is 3. The Kier molecular flexibility index (Phi) is 5.16. The molecule has 23 heavy (non-hydrogen) atoms. The van der Waals surface area contributed by atoms with Crippen LogP contribution in [0.3, 0.4) is 0 Å². The topological polar surface area (TPSA) is 43.4 Å². The van der Waals surface area contributed by atoms with Gasteiger partial charge in [-0.15, -0.1) is 0 Å². The van der Waals surface area contributed by atoms with Crippen molar-refractivity contribution in [2.45, 2.75) is 12.6 Å². The van der Waals surface area contributed by atoms with Gasteiger partial charge < -0.3 is 4.74 Å². The molecular formula is C17H13F3O3. The highest BCUT2D eigenvalue weighted by molar-refractivity contribution is 6.40. The summed E-state index contributed by atoms with van der Waals surface area (Å²) in [5.41, 5.74) is -0.0727. The second kappa shape index (κ2) is 7.09. The summed E-state index contributed by atoms with van der Waals surface area (Å²) in [4.78, 5) is 23.4. The number of hydrogen-bond donors (Lipinski definition) is 0. The predicted octanol–water partition coefficient (Wildman–Crippen LogP) is 3.67. The molecule has 0 spiro atoms. The molecule has 0 atom stereocenters. The number of Topliss-reactive ketones (excluding diaryl/α,β-unsaturated/α-hetero) is 1. The highest BCUT2D eigenvalue weighted by Gasteiger charge is 2.30. The number of rotatable bonds is 5. The molecule has 120 valence electrons. The third-order valence-corrected chi connectivity index (χ3v) is 3.13. The lowest BCUT2D eigenvalue weighted by atomic mass is 10.1. The van der Waals surface area contributed by atoms with E-state index in [1.807, 2.05) is 30.3 Å². The standard InChI is InChI=1S/C17H13F3O3/c18-17(19,20)14-8-6-13(7-9-14)15(21)16(22)23-11-10-12-4-2-1-3-5-12/h1-9H,10-11H2. The van der Waals surface area contributed by atoms with Crippen molar-refractivity contribution in [1.82, 2.24) is 0 Å². The molecule has 2 aromatic carbocycles. The summed E-state index contributed by atoms with van der Waals surface area (Å²) in [6.07, 6.45) is -4.04. The maximum absolute atomic E-state index is 12.4. The molecule has 0 aromatic heterocycles. The average Bonchev–Trinajstić information content (AvgIpc) is 2.54. The van der Waals surface area contributed by atoms with Crippen molar-refractivity contribution in [1.29, 1.82) is 0 Å². The largest absolute Gasteiger partial charge is 0.459 e. The molecule has 0 aliphatic rings. The summed E-state index contributed by atoms with van der Waals surface area (Å²) in [6, 6.07) is 12.7. The Bertz CT molecular complexity index is 676. The number of ketones is 1. The number of benzene rings is 2. The molecule has 0 N–H and O–H groups in total. The molecule has 0 bridgehead atoms. The van der Waals surface area contributed by atoms with Crippen LogP contribution in [0.4, 0.5) is 13.2 Å². The van der Waals surface area contributed by atoms with Gasteiger partial charge >= 0.3 is 12.1 Å². The first-order chi connectivity index (χ1) is 10.9. The van der Waals surface area contributed by atoms with E-state index in [1.54, 1.807) is 0 Å². The van der Waals surface area contributed by atoms with E-state index in [0.717, 1.165) is 29.8 Å². The van der Waals surface area contributed by atoms with Gasteiger partial charge in [0, 0.05) is 12.0 Å². The lowest BCUT2D eigenvalue weighted by Gasteiger charge is -2.07. The van der Waals surface area contributed by atoms with Crippen molar-refractivity contribution < 1.29 is 27.5 Å². The number of ether oxygens (including phenoxy) is 1. The Morgan fingerprint density at radius 2 is 1.52 bits per heavy atom. The first kappa shape index (κ1) is 16.7. The van der Waals surface area contributed by atoms with Gasteiger partial charge in [0.05, 0.1) is 12.2 Å². The van der Waals surface area contributed by atoms with Crippen molar-refractivity contribution in [3.05, 3.63) is 71.3 Å². The van der Waals surface area contributed by atoms with E-state index < -0.39 is 23.5 Å². The van der Waals surface area contributed by atoms with Crippen LogP contribution in [0, 0.1) is 0 Å². The van der Waals surface area contributed by atoms with Crippen molar-refractivity contribution in [2.75, 3.05) is 6.61 Å². The lowest BCUT2D eigenvalue weighted by Crippen LogP contribution is -2.19. The molecule has 3 nitrogen and oxygen atoms in total. The molecule has 0 heterocycles. The SMILES string of the molecule is O=C(OCCc1ccccc1)C(=O)c1ccc(C(F)(F)F)cc1. The fourth-order valence-electron chi connectivity index (χ4n) is 1.90. The van der Waals surface area contributed by atoms with Crippen LogP contribution >= 0.6 is 0 Å². The highest BCUT2D eigenvalue weighted by atomic mass is 19.4. The van der Waals surface area contributed by atoms with Gasteiger partial charge in [0.25, 0.3) is 5.78 Å². The molecule has 2 aromatic rings. The minimum Gasteiger partial charge on any atom is -0.459 e. The number of carbonyl (C=O) groups is 2. The average molecular weight is 322 g/mol. The molecule has 0 saturated heterocycles. The molecular weight excluding hydrogens is 309 g/mol. The zero-order valence-electron chi connectivity index (χ0n) is 12.0. The number of hydrogen-bond acceptors (Lipinski definition) is 3. The van der Waals surface area contributed by atoms with Crippen LogP contribution in [0.5, 0.6) is 0 Å². The molecule has 0 unspecified atom stereocenters. The quantitative estimate of drug-likeness (QED) is 0.479. The maximum Gasteiger partial charge on any atom is 0.416 e. The van der Waals surface area contributed by atoms with E-state index in [1.165, 1.54) is 0 Å². The Morgan fingerprint density at radius 1 is 0.913 bits per heavy atom. The van der Waals surface area contributed by atoms with Gasteiger partial charge in [-0.25, -0.2) is 4.79 Å². The van der Waals surface area contributed by atoms with Gasteiger partial charge in [-0.3, -0.25) is 4.79 Å². The molecule has 0 fully saturated rings. The zero-order valence-corrected chi connectivity index (χ0v) is 12.0. The molecule has 6 heteroatoms. The number of esters is 1. The second-order valence-corrected chi connectivity index (χ2v) is 4.78. The molecule has 0 amide bonds. The fraction of sp³-hybridized carbons (Fsp3) is 0.176. The smallest absolute Gasteiger partial charge is 0.416 e. The summed E-state index contributed by atoms with van der Waals surface area (Å²) < 4.78 is 42.1. The lowest BCUT2D eigenvalue weighted by molar-refractivity contribution is -0.138. The molecule has 2 rings (SSSR count).